The molecule has 0 bridgehead atoms. The molecule has 1 saturated heterocycles. The summed E-state index contributed by atoms with van der Waals surface area (Å²) in [6, 6.07) is 8.02. The van der Waals surface area contributed by atoms with Gasteiger partial charge in [0.15, 0.2) is 11.7 Å². The first-order chi connectivity index (χ1) is 12.2. The minimum absolute atomic E-state index is 0.486. The lowest BCUT2D eigenvalue weighted by Gasteiger charge is -2.22. The van der Waals surface area contributed by atoms with Crippen LogP contribution in [0.15, 0.2) is 45.3 Å². The van der Waals surface area contributed by atoms with Gasteiger partial charge in [0.2, 0.25) is 0 Å². The van der Waals surface area contributed by atoms with Crippen LogP contribution in [0.5, 0.6) is 0 Å². The van der Waals surface area contributed by atoms with Crippen LogP contribution in [0, 0.1) is 0 Å². The highest BCUT2D eigenvalue weighted by molar-refractivity contribution is 7.09. The summed E-state index contributed by atoms with van der Waals surface area (Å²) in [5.41, 5.74) is 0. The van der Waals surface area contributed by atoms with Crippen molar-refractivity contribution in [3.63, 3.8) is 0 Å². The van der Waals surface area contributed by atoms with Crippen LogP contribution in [0.1, 0.15) is 24.0 Å². The first kappa shape index (κ1) is 18.0. The lowest BCUT2D eigenvalue weighted by molar-refractivity contribution is -0.145. The number of nitrogens with one attached hydrogen (secondary N) is 2. The highest BCUT2D eigenvalue weighted by atomic mass is 32.1. The molecule has 6 nitrogen and oxygen atoms in total. The van der Waals surface area contributed by atoms with Crippen LogP contribution in [0.4, 0.5) is 0 Å². The van der Waals surface area contributed by atoms with E-state index < -0.39 is 5.79 Å². The van der Waals surface area contributed by atoms with Crippen LogP contribution in [0.25, 0.3) is 0 Å². The number of rotatable bonds is 8. The Bertz CT molecular complexity index is 635. The molecule has 25 heavy (non-hydrogen) atoms. The maximum Gasteiger partial charge on any atom is 0.191 e. The van der Waals surface area contributed by atoms with Crippen molar-refractivity contribution in [1.29, 1.82) is 0 Å². The van der Waals surface area contributed by atoms with E-state index in [1.807, 2.05) is 25.1 Å². The topological polar surface area (TPSA) is 68.0 Å². The third kappa shape index (κ3) is 5.88. The number of aliphatic imine (C=N–C) groups is 1. The fourth-order valence-corrected chi connectivity index (χ4v) is 3.23. The van der Waals surface area contributed by atoms with Gasteiger partial charge in [-0.2, -0.15) is 0 Å². The molecule has 0 atom stereocenters. The minimum atomic E-state index is -0.486. The Morgan fingerprint density at radius 2 is 2.04 bits per heavy atom. The first-order valence-electron chi connectivity index (χ1n) is 8.58. The van der Waals surface area contributed by atoms with Crippen molar-refractivity contribution >= 4 is 17.3 Å². The molecule has 0 amide bonds. The molecule has 0 saturated carbocycles. The molecule has 0 aliphatic carbocycles. The van der Waals surface area contributed by atoms with Gasteiger partial charge in [0, 0.05) is 30.8 Å². The second-order valence-corrected chi connectivity index (χ2v) is 7.04. The van der Waals surface area contributed by atoms with Crippen molar-refractivity contribution in [3.8, 4) is 0 Å². The third-order valence-corrected chi connectivity index (χ3v) is 4.85. The average Bonchev–Trinajstić information content (AvgIpc) is 3.35. The molecule has 3 heterocycles. The summed E-state index contributed by atoms with van der Waals surface area (Å²) in [7, 11) is 0. The number of furan rings is 1. The molecule has 136 valence electrons. The van der Waals surface area contributed by atoms with Crippen LogP contribution in [-0.2, 0) is 22.4 Å². The average molecular weight is 363 g/mol. The van der Waals surface area contributed by atoms with Crippen molar-refractivity contribution in [3.05, 3.63) is 46.5 Å². The van der Waals surface area contributed by atoms with Crippen LogP contribution in [0.3, 0.4) is 0 Å². The van der Waals surface area contributed by atoms with Gasteiger partial charge in [0.25, 0.3) is 0 Å². The SMILES string of the molecule is CC1(CCNC(=NCc2cccs2)NCCc2ccco2)OCCO1. The Morgan fingerprint density at radius 3 is 2.76 bits per heavy atom. The zero-order chi connectivity index (χ0) is 17.4. The molecule has 2 aromatic heterocycles. The fourth-order valence-electron chi connectivity index (χ4n) is 2.60. The Labute approximate surface area is 152 Å². The van der Waals surface area contributed by atoms with Gasteiger partial charge in [0.1, 0.15) is 5.76 Å². The predicted molar refractivity (Wildman–Crippen MR) is 98.8 cm³/mol. The van der Waals surface area contributed by atoms with E-state index in [4.69, 9.17) is 13.9 Å². The zero-order valence-corrected chi connectivity index (χ0v) is 15.3. The fraction of sp³-hybridized carbons (Fsp3) is 0.500. The van der Waals surface area contributed by atoms with Gasteiger partial charge < -0.3 is 24.5 Å². The van der Waals surface area contributed by atoms with Crippen molar-refractivity contribution in [1.82, 2.24) is 10.6 Å². The van der Waals surface area contributed by atoms with Crippen LogP contribution >= 0.6 is 11.3 Å². The maximum absolute atomic E-state index is 5.64. The van der Waals surface area contributed by atoms with Crippen molar-refractivity contribution in [2.45, 2.75) is 32.1 Å². The Balaban J connectivity index is 1.48. The summed E-state index contributed by atoms with van der Waals surface area (Å²) in [5, 5.41) is 8.79. The molecule has 0 radical (unpaired) electrons. The normalized spacial score (nSPS) is 16.9. The largest absolute Gasteiger partial charge is 0.469 e. The van der Waals surface area contributed by atoms with Gasteiger partial charge in [-0.3, -0.25) is 0 Å². The Hall–Kier alpha value is -1.83. The summed E-state index contributed by atoms with van der Waals surface area (Å²) >= 11 is 1.71. The number of thiophene rings is 1. The van der Waals surface area contributed by atoms with Gasteiger partial charge in [-0.1, -0.05) is 6.07 Å². The van der Waals surface area contributed by atoms with Gasteiger partial charge in [0.05, 0.1) is 26.0 Å². The number of hydrogen-bond acceptors (Lipinski definition) is 5. The Kier molecular flexibility index (Phi) is 6.49. The molecule has 0 aromatic carbocycles. The summed E-state index contributed by atoms with van der Waals surface area (Å²) in [4.78, 5) is 5.90. The Morgan fingerprint density at radius 1 is 1.20 bits per heavy atom. The summed E-state index contributed by atoms with van der Waals surface area (Å²) in [6.45, 7) is 5.46. The molecular weight excluding hydrogens is 338 g/mol. The summed E-state index contributed by atoms with van der Waals surface area (Å²) in [5.74, 6) is 1.27. The lowest BCUT2D eigenvalue weighted by Crippen LogP contribution is -2.41. The van der Waals surface area contributed by atoms with Gasteiger partial charge in [-0.05, 0) is 30.5 Å². The van der Waals surface area contributed by atoms with Crippen LogP contribution in [-0.4, -0.2) is 38.0 Å². The molecule has 0 spiro atoms. The molecule has 3 rings (SSSR count). The molecule has 2 aromatic rings. The quantitative estimate of drug-likeness (QED) is 0.558. The monoisotopic (exact) mass is 363 g/mol. The lowest BCUT2D eigenvalue weighted by atomic mass is 10.2. The van der Waals surface area contributed by atoms with E-state index in [0.29, 0.717) is 19.8 Å². The standard InChI is InChI=1S/C18H25N3O3S/c1-18(23-11-12-24-18)7-9-20-17(21-14-16-5-3-13-25-16)19-8-6-15-4-2-10-22-15/h2-5,10,13H,6-9,11-12,14H2,1H3,(H2,19,20,21). The predicted octanol–water partition coefficient (Wildman–Crippen LogP) is 2.77. The third-order valence-electron chi connectivity index (χ3n) is 3.99. The van der Waals surface area contributed by atoms with E-state index in [1.165, 1.54) is 4.88 Å². The highest BCUT2D eigenvalue weighted by Gasteiger charge is 2.30. The van der Waals surface area contributed by atoms with E-state index in [-0.39, 0.29) is 0 Å². The van der Waals surface area contributed by atoms with Gasteiger partial charge in [-0.15, -0.1) is 11.3 Å². The molecule has 2 N–H and O–H groups in total. The van der Waals surface area contributed by atoms with Gasteiger partial charge in [-0.25, -0.2) is 4.99 Å². The van der Waals surface area contributed by atoms with Crippen LogP contribution < -0.4 is 10.6 Å². The molecular formula is C18H25N3O3S. The van der Waals surface area contributed by atoms with E-state index in [0.717, 1.165) is 37.7 Å². The van der Waals surface area contributed by atoms with E-state index in [2.05, 4.69) is 27.1 Å². The molecule has 0 unspecified atom stereocenters. The van der Waals surface area contributed by atoms with E-state index >= 15 is 0 Å². The van der Waals surface area contributed by atoms with E-state index in [9.17, 15) is 0 Å². The van der Waals surface area contributed by atoms with Gasteiger partial charge >= 0.3 is 0 Å². The molecule has 1 aliphatic rings. The first-order valence-corrected chi connectivity index (χ1v) is 9.46. The van der Waals surface area contributed by atoms with E-state index in [1.54, 1.807) is 17.6 Å². The molecule has 1 aliphatic heterocycles. The maximum atomic E-state index is 5.64. The minimum Gasteiger partial charge on any atom is -0.469 e. The van der Waals surface area contributed by atoms with Crippen molar-refractivity contribution < 1.29 is 13.9 Å². The number of ether oxygens (including phenoxy) is 2. The zero-order valence-electron chi connectivity index (χ0n) is 14.5. The van der Waals surface area contributed by atoms with Crippen LogP contribution in [0.2, 0.25) is 0 Å². The smallest absolute Gasteiger partial charge is 0.191 e. The van der Waals surface area contributed by atoms with Crippen molar-refractivity contribution in [2.24, 2.45) is 4.99 Å². The summed E-state index contributed by atoms with van der Waals surface area (Å²) < 4.78 is 16.6. The molecule has 7 heteroatoms. The number of guanidine groups is 1. The molecule has 1 fully saturated rings. The second kappa shape index (κ2) is 9.03. The summed E-state index contributed by atoms with van der Waals surface area (Å²) in [6.07, 6.45) is 3.28. The van der Waals surface area contributed by atoms with Crippen molar-refractivity contribution in [2.75, 3.05) is 26.3 Å². The highest BCUT2D eigenvalue weighted by Crippen LogP contribution is 2.21. The number of hydrogen-bond donors (Lipinski definition) is 2. The number of nitrogens with zero attached hydrogens (tertiary/aromatic N) is 1. The second-order valence-electron chi connectivity index (χ2n) is 6.01.